The van der Waals surface area contributed by atoms with E-state index in [0.717, 1.165) is 25.9 Å². The number of halogens is 2. The molecule has 2 atom stereocenters. The van der Waals surface area contributed by atoms with Crippen molar-refractivity contribution < 1.29 is 27.1 Å². The summed E-state index contributed by atoms with van der Waals surface area (Å²) in [5.41, 5.74) is 2.33. The van der Waals surface area contributed by atoms with Gasteiger partial charge in [-0.2, -0.15) is 4.98 Å². The summed E-state index contributed by atoms with van der Waals surface area (Å²) in [5, 5.41) is 11.6. The Morgan fingerprint density at radius 3 is 2.27 bits per heavy atom. The largest absolute Gasteiger partial charge is 0.392 e. The van der Waals surface area contributed by atoms with Crippen LogP contribution in [0.3, 0.4) is 0 Å². The number of aliphatic hydroxyl groups excluding tert-OH is 1. The highest BCUT2D eigenvalue weighted by Crippen LogP contribution is 2.54. The van der Waals surface area contributed by atoms with E-state index in [1.165, 1.54) is 12.8 Å². The van der Waals surface area contributed by atoms with Gasteiger partial charge in [-0.25, -0.2) is 22.2 Å². The SMILES string of the molecule is Cc1cc(NC(=O)c2ccc(NS(=O)(=O)C3CC3O)cc2N2CCC3(CC2)CC3)nc(N2CCC(F)(F)CC2)n1. The molecule has 2 aliphatic heterocycles. The fraction of sp³-hybridized carbons (Fsp3) is 0.593. The first-order chi connectivity index (χ1) is 18.9. The van der Waals surface area contributed by atoms with Gasteiger partial charge in [0.05, 0.1) is 23.0 Å². The second kappa shape index (κ2) is 9.79. The number of nitrogens with zero attached hydrogens (tertiary/aromatic N) is 4. The highest BCUT2D eigenvalue weighted by molar-refractivity contribution is 7.93. The van der Waals surface area contributed by atoms with Crippen molar-refractivity contribution in [3.05, 3.63) is 35.5 Å². The molecule has 1 aromatic heterocycles. The van der Waals surface area contributed by atoms with Gasteiger partial charge in [0.2, 0.25) is 16.0 Å². The Labute approximate surface area is 232 Å². The summed E-state index contributed by atoms with van der Waals surface area (Å²) in [6.07, 6.45) is 3.27. The van der Waals surface area contributed by atoms with Crippen LogP contribution in [0.15, 0.2) is 24.3 Å². The van der Waals surface area contributed by atoms with Gasteiger partial charge in [-0.1, -0.05) is 0 Å². The van der Waals surface area contributed by atoms with E-state index in [0.29, 0.717) is 34.0 Å². The number of hydrogen-bond acceptors (Lipinski definition) is 8. The summed E-state index contributed by atoms with van der Waals surface area (Å²) in [4.78, 5) is 26.2. The number of nitrogens with one attached hydrogen (secondary N) is 2. The number of anilines is 4. The molecule has 3 N–H and O–H groups in total. The van der Waals surface area contributed by atoms with Gasteiger partial charge in [-0.05, 0) is 62.6 Å². The van der Waals surface area contributed by atoms with Gasteiger partial charge in [0.1, 0.15) is 11.1 Å². The molecule has 2 aliphatic carbocycles. The zero-order valence-corrected chi connectivity index (χ0v) is 23.2. The fourth-order valence-corrected chi connectivity index (χ4v) is 7.13. The van der Waals surface area contributed by atoms with Crippen LogP contribution in [-0.2, 0) is 10.0 Å². The molecule has 2 unspecified atom stereocenters. The number of aryl methyl sites for hydroxylation is 1. The number of aromatic nitrogens is 2. The minimum Gasteiger partial charge on any atom is -0.392 e. The number of hydrogen-bond donors (Lipinski definition) is 3. The summed E-state index contributed by atoms with van der Waals surface area (Å²) < 4.78 is 55.1. The Hall–Kier alpha value is -3.06. The van der Waals surface area contributed by atoms with E-state index in [1.54, 1.807) is 36.1 Å². The number of amides is 1. The third kappa shape index (κ3) is 5.71. The van der Waals surface area contributed by atoms with E-state index in [2.05, 4.69) is 24.9 Å². The molecule has 40 heavy (non-hydrogen) atoms. The average molecular weight is 577 g/mol. The predicted molar refractivity (Wildman–Crippen MR) is 148 cm³/mol. The standard InChI is InChI=1S/C27H34F2N6O4S/c1-17-14-23(32-25(30-17)35-12-8-27(28,29)9-13-35)31-24(37)19-3-2-18(33-40(38,39)22-16-21(22)36)15-20(19)34-10-6-26(4-5-26)7-11-34/h2-3,14-15,21-22,33,36H,4-13,16H2,1H3,(H,30,31,32,37). The van der Waals surface area contributed by atoms with Gasteiger partial charge in [-0.15, -0.1) is 0 Å². The number of carbonyl (C=O) groups is 1. The Morgan fingerprint density at radius 1 is 1.00 bits per heavy atom. The lowest BCUT2D eigenvalue weighted by molar-refractivity contribution is -0.0222. The molecule has 3 heterocycles. The van der Waals surface area contributed by atoms with Crippen molar-refractivity contribution in [3.63, 3.8) is 0 Å². The quantitative estimate of drug-likeness (QED) is 0.457. The third-order valence-electron chi connectivity index (χ3n) is 8.58. The van der Waals surface area contributed by atoms with Crippen molar-refractivity contribution in [3.8, 4) is 0 Å². The second-order valence-corrected chi connectivity index (χ2v) is 13.6. The summed E-state index contributed by atoms with van der Waals surface area (Å²) in [6, 6.07) is 6.44. The molecule has 10 nitrogen and oxygen atoms in total. The van der Waals surface area contributed by atoms with E-state index < -0.39 is 33.2 Å². The summed E-state index contributed by atoms with van der Waals surface area (Å²) in [5.74, 6) is -2.55. The van der Waals surface area contributed by atoms with E-state index in [1.807, 2.05) is 0 Å². The lowest BCUT2D eigenvalue weighted by Gasteiger charge is -2.35. The lowest BCUT2D eigenvalue weighted by Crippen LogP contribution is -2.40. The zero-order chi connectivity index (χ0) is 28.3. The summed E-state index contributed by atoms with van der Waals surface area (Å²) in [7, 11) is -3.74. The average Bonchev–Trinajstić information content (AvgIpc) is 3.82. The van der Waals surface area contributed by atoms with Crippen molar-refractivity contribution in [1.29, 1.82) is 0 Å². The predicted octanol–water partition coefficient (Wildman–Crippen LogP) is 3.53. The molecule has 2 saturated heterocycles. The number of piperidine rings is 2. The number of benzene rings is 1. The van der Waals surface area contributed by atoms with E-state index in [9.17, 15) is 27.1 Å². The lowest BCUT2D eigenvalue weighted by atomic mass is 9.93. The number of rotatable bonds is 7. The van der Waals surface area contributed by atoms with Crippen molar-refractivity contribution >= 4 is 39.1 Å². The highest BCUT2D eigenvalue weighted by atomic mass is 32.2. The normalized spacial score (nSPS) is 25.0. The van der Waals surface area contributed by atoms with Gasteiger partial charge in [0, 0.05) is 50.8 Å². The molecule has 0 bridgehead atoms. The van der Waals surface area contributed by atoms with E-state index in [-0.39, 0.29) is 38.2 Å². The molecule has 1 aromatic carbocycles. The molecule has 0 radical (unpaired) electrons. The van der Waals surface area contributed by atoms with Crippen LogP contribution < -0.4 is 19.8 Å². The van der Waals surface area contributed by atoms with Gasteiger partial charge in [0.25, 0.3) is 11.8 Å². The minimum absolute atomic E-state index is 0.125. The van der Waals surface area contributed by atoms with Crippen LogP contribution in [0.2, 0.25) is 0 Å². The monoisotopic (exact) mass is 576 g/mol. The smallest absolute Gasteiger partial charge is 0.258 e. The molecular weight excluding hydrogens is 542 g/mol. The molecule has 4 aliphatic rings. The van der Waals surface area contributed by atoms with Crippen molar-refractivity contribution in [2.24, 2.45) is 5.41 Å². The molecule has 13 heteroatoms. The van der Waals surface area contributed by atoms with Gasteiger partial charge >= 0.3 is 0 Å². The van der Waals surface area contributed by atoms with E-state index in [4.69, 9.17) is 0 Å². The Balaban J connectivity index is 1.24. The zero-order valence-electron chi connectivity index (χ0n) is 22.4. The van der Waals surface area contributed by atoms with E-state index >= 15 is 0 Å². The second-order valence-electron chi connectivity index (χ2n) is 11.7. The molecule has 1 spiro atoms. The third-order valence-corrected chi connectivity index (χ3v) is 10.4. The first kappa shape index (κ1) is 27.1. The number of carbonyl (C=O) groups excluding carboxylic acids is 1. The van der Waals surface area contributed by atoms with Crippen molar-refractivity contribution in [1.82, 2.24) is 9.97 Å². The van der Waals surface area contributed by atoms with Crippen LogP contribution in [0.1, 0.15) is 61.0 Å². The number of alkyl halides is 2. The topological polar surface area (TPSA) is 128 Å². The molecule has 2 aromatic rings. The molecule has 2 saturated carbocycles. The van der Waals surface area contributed by atoms with Gasteiger partial charge in [0.15, 0.2) is 0 Å². The molecular formula is C27H34F2N6O4S. The van der Waals surface area contributed by atoms with Crippen molar-refractivity contribution in [2.75, 3.05) is 46.0 Å². The van der Waals surface area contributed by atoms with Crippen LogP contribution in [0, 0.1) is 12.3 Å². The van der Waals surface area contributed by atoms with Crippen LogP contribution in [-0.4, -0.2) is 72.9 Å². The minimum atomic E-state index is -3.74. The van der Waals surface area contributed by atoms with Crippen LogP contribution >= 0.6 is 0 Å². The summed E-state index contributed by atoms with van der Waals surface area (Å²) >= 11 is 0. The Bertz CT molecular complexity index is 1410. The molecule has 216 valence electrons. The van der Waals surface area contributed by atoms with Crippen LogP contribution in [0.4, 0.5) is 31.9 Å². The Morgan fingerprint density at radius 2 is 1.65 bits per heavy atom. The van der Waals surface area contributed by atoms with Gasteiger partial charge in [-0.3, -0.25) is 9.52 Å². The van der Waals surface area contributed by atoms with Crippen LogP contribution in [0.25, 0.3) is 0 Å². The van der Waals surface area contributed by atoms with Gasteiger partial charge < -0.3 is 20.2 Å². The van der Waals surface area contributed by atoms with Crippen molar-refractivity contribution in [2.45, 2.75) is 69.1 Å². The Kier molecular flexibility index (Phi) is 6.64. The molecule has 6 rings (SSSR count). The number of sulfonamides is 1. The first-order valence-electron chi connectivity index (χ1n) is 13.8. The molecule has 4 fully saturated rings. The number of aliphatic hydroxyl groups is 1. The maximum atomic E-state index is 13.7. The maximum Gasteiger partial charge on any atom is 0.258 e. The summed E-state index contributed by atoms with van der Waals surface area (Å²) in [6.45, 7) is 3.52. The fourth-order valence-electron chi connectivity index (χ4n) is 5.66. The molecule has 1 amide bonds. The highest BCUT2D eigenvalue weighted by Gasteiger charge is 2.47. The first-order valence-corrected chi connectivity index (χ1v) is 15.4. The van der Waals surface area contributed by atoms with Crippen LogP contribution in [0.5, 0.6) is 0 Å². The maximum absolute atomic E-state index is 13.7.